The highest BCUT2D eigenvalue weighted by Gasteiger charge is 2.12. The molecule has 0 saturated heterocycles. The topological polar surface area (TPSA) is 66.2 Å². The molecule has 0 saturated carbocycles. The zero-order chi connectivity index (χ0) is 15.4. The molecule has 0 aliphatic rings. The SMILES string of the molecule is NC(C/C=C(\c1ccsc1)c1ccc(F)cc1F)C(=O)[O-]. The maximum absolute atomic E-state index is 13.9. The number of nitrogens with two attached hydrogens (primary N) is 1. The number of carboxylic acid groups (broad SMARTS) is 1. The van der Waals surface area contributed by atoms with E-state index >= 15 is 0 Å². The summed E-state index contributed by atoms with van der Waals surface area (Å²) in [7, 11) is 0. The molecule has 1 heterocycles. The molecular formula is C15H12F2NO2S-. The standard InChI is InChI=1S/C15H13F2NO2S/c16-10-1-2-12(13(17)7-10)11(9-5-6-21-8-9)3-4-14(18)15(19)20/h1-3,5-8,14H,4,18H2,(H,19,20)/p-1/b11-3+. The van der Waals surface area contributed by atoms with E-state index in [0.717, 1.165) is 17.7 Å². The Morgan fingerprint density at radius 3 is 2.71 bits per heavy atom. The highest BCUT2D eigenvalue weighted by molar-refractivity contribution is 7.08. The number of aliphatic carboxylic acids is 1. The molecule has 1 atom stereocenters. The van der Waals surface area contributed by atoms with Gasteiger partial charge in [-0.15, -0.1) is 0 Å². The van der Waals surface area contributed by atoms with Crippen molar-refractivity contribution in [3.63, 3.8) is 0 Å². The van der Waals surface area contributed by atoms with E-state index in [1.54, 1.807) is 11.4 Å². The summed E-state index contributed by atoms with van der Waals surface area (Å²) in [4.78, 5) is 10.7. The fourth-order valence-electron chi connectivity index (χ4n) is 1.85. The Bertz CT molecular complexity index is 668. The quantitative estimate of drug-likeness (QED) is 0.918. The second kappa shape index (κ2) is 6.60. The molecule has 2 aromatic rings. The van der Waals surface area contributed by atoms with Gasteiger partial charge < -0.3 is 15.6 Å². The van der Waals surface area contributed by atoms with Crippen molar-refractivity contribution >= 4 is 22.9 Å². The number of rotatable bonds is 5. The van der Waals surface area contributed by atoms with Gasteiger partial charge in [-0.2, -0.15) is 11.3 Å². The monoisotopic (exact) mass is 308 g/mol. The van der Waals surface area contributed by atoms with Crippen molar-refractivity contribution < 1.29 is 18.7 Å². The van der Waals surface area contributed by atoms with Crippen LogP contribution in [0.3, 0.4) is 0 Å². The van der Waals surface area contributed by atoms with E-state index in [1.807, 2.05) is 5.38 Å². The van der Waals surface area contributed by atoms with E-state index in [-0.39, 0.29) is 12.0 Å². The molecule has 0 aliphatic heterocycles. The van der Waals surface area contributed by atoms with Crippen molar-refractivity contribution in [2.24, 2.45) is 5.73 Å². The molecule has 110 valence electrons. The average molecular weight is 308 g/mol. The van der Waals surface area contributed by atoms with Gasteiger partial charge >= 0.3 is 0 Å². The predicted molar refractivity (Wildman–Crippen MR) is 75.4 cm³/mol. The van der Waals surface area contributed by atoms with Gasteiger partial charge in [0.05, 0.1) is 5.97 Å². The maximum atomic E-state index is 13.9. The van der Waals surface area contributed by atoms with Gasteiger partial charge in [0.2, 0.25) is 0 Å². The van der Waals surface area contributed by atoms with Crippen LogP contribution in [0.25, 0.3) is 5.57 Å². The van der Waals surface area contributed by atoms with E-state index in [4.69, 9.17) is 5.73 Å². The van der Waals surface area contributed by atoms with Crippen molar-refractivity contribution in [3.8, 4) is 0 Å². The lowest BCUT2D eigenvalue weighted by atomic mass is 9.97. The smallest absolute Gasteiger partial charge is 0.133 e. The zero-order valence-electron chi connectivity index (χ0n) is 10.9. The fourth-order valence-corrected chi connectivity index (χ4v) is 2.51. The van der Waals surface area contributed by atoms with Crippen LogP contribution in [-0.4, -0.2) is 12.0 Å². The van der Waals surface area contributed by atoms with Crippen LogP contribution >= 0.6 is 11.3 Å². The van der Waals surface area contributed by atoms with Gasteiger partial charge in [-0.05, 0) is 46.5 Å². The Balaban J connectivity index is 2.42. The average Bonchev–Trinajstić information content (AvgIpc) is 2.94. The maximum Gasteiger partial charge on any atom is 0.133 e. The highest BCUT2D eigenvalue weighted by atomic mass is 32.1. The van der Waals surface area contributed by atoms with Gasteiger partial charge in [0.1, 0.15) is 11.6 Å². The molecule has 2 rings (SSSR count). The Hall–Kier alpha value is -2.05. The minimum Gasteiger partial charge on any atom is -0.548 e. The molecule has 21 heavy (non-hydrogen) atoms. The first kappa shape index (κ1) is 15.3. The Labute approximate surface area is 124 Å². The lowest BCUT2D eigenvalue weighted by molar-refractivity contribution is -0.307. The Kier molecular flexibility index (Phi) is 4.82. The van der Waals surface area contributed by atoms with Crippen molar-refractivity contribution in [1.82, 2.24) is 0 Å². The number of hydrogen-bond donors (Lipinski definition) is 1. The summed E-state index contributed by atoms with van der Waals surface area (Å²) in [6.07, 6.45) is 1.52. The summed E-state index contributed by atoms with van der Waals surface area (Å²) < 4.78 is 26.9. The third-order valence-corrected chi connectivity index (χ3v) is 3.62. The molecule has 0 amide bonds. The molecule has 3 nitrogen and oxygen atoms in total. The first-order valence-corrected chi connectivity index (χ1v) is 7.08. The molecule has 1 unspecified atom stereocenters. The van der Waals surface area contributed by atoms with E-state index < -0.39 is 23.6 Å². The van der Waals surface area contributed by atoms with Gasteiger partial charge in [-0.25, -0.2) is 8.78 Å². The molecule has 2 N–H and O–H groups in total. The van der Waals surface area contributed by atoms with E-state index in [0.29, 0.717) is 5.57 Å². The van der Waals surface area contributed by atoms with Gasteiger partial charge in [-0.1, -0.05) is 6.08 Å². The van der Waals surface area contributed by atoms with E-state index in [1.165, 1.54) is 23.5 Å². The van der Waals surface area contributed by atoms with E-state index in [9.17, 15) is 18.7 Å². The molecule has 1 aromatic heterocycles. The van der Waals surface area contributed by atoms with Crippen molar-refractivity contribution in [2.75, 3.05) is 0 Å². The second-order valence-electron chi connectivity index (χ2n) is 4.42. The lowest BCUT2D eigenvalue weighted by Crippen LogP contribution is -2.41. The summed E-state index contributed by atoms with van der Waals surface area (Å²) >= 11 is 1.41. The van der Waals surface area contributed by atoms with Crippen molar-refractivity contribution in [2.45, 2.75) is 12.5 Å². The molecule has 0 aliphatic carbocycles. The highest BCUT2D eigenvalue weighted by Crippen LogP contribution is 2.28. The first-order valence-electron chi connectivity index (χ1n) is 6.13. The summed E-state index contributed by atoms with van der Waals surface area (Å²) in [5.74, 6) is -2.77. The number of thiophene rings is 1. The zero-order valence-corrected chi connectivity index (χ0v) is 11.7. The number of halogens is 2. The van der Waals surface area contributed by atoms with Crippen LogP contribution in [0.5, 0.6) is 0 Å². The van der Waals surface area contributed by atoms with E-state index in [2.05, 4.69) is 0 Å². The molecule has 1 aromatic carbocycles. The largest absolute Gasteiger partial charge is 0.548 e. The minimum atomic E-state index is -1.38. The van der Waals surface area contributed by atoms with Crippen molar-refractivity contribution in [1.29, 1.82) is 0 Å². The lowest BCUT2D eigenvalue weighted by Gasteiger charge is -2.12. The van der Waals surface area contributed by atoms with Crippen LogP contribution in [0.2, 0.25) is 0 Å². The van der Waals surface area contributed by atoms with Crippen LogP contribution in [0, 0.1) is 11.6 Å². The Morgan fingerprint density at radius 1 is 1.38 bits per heavy atom. The van der Waals surface area contributed by atoms with Crippen LogP contribution in [0.1, 0.15) is 17.5 Å². The Morgan fingerprint density at radius 2 is 2.14 bits per heavy atom. The number of carbonyl (C=O) groups is 1. The molecular weight excluding hydrogens is 296 g/mol. The number of benzene rings is 1. The number of hydrogen-bond acceptors (Lipinski definition) is 4. The predicted octanol–water partition coefficient (Wildman–Crippen LogP) is 1.93. The second-order valence-corrected chi connectivity index (χ2v) is 5.20. The van der Waals surface area contributed by atoms with Gasteiger partial charge in [0.15, 0.2) is 0 Å². The fraction of sp³-hybridized carbons (Fsp3) is 0.133. The van der Waals surface area contributed by atoms with Crippen LogP contribution in [-0.2, 0) is 4.79 Å². The normalized spacial score (nSPS) is 13.2. The van der Waals surface area contributed by atoms with Gasteiger partial charge in [0.25, 0.3) is 0 Å². The molecule has 0 spiro atoms. The summed E-state index contributed by atoms with van der Waals surface area (Å²) in [6, 6.07) is 3.84. The first-order chi connectivity index (χ1) is 9.99. The van der Waals surface area contributed by atoms with Crippen LogP contribution in [0.4, 0.5) is 8.78 Å². The minimum absolute atomic E-state index is 0.00959. The number of carbonyl (C=O) groups excluding carboxylic acids is 1. The summed E-state index contributed by atoms with van der Waals surface area (Å²) in [6.45, 7) is 0. The number of carboxylic acids is 1. The molecule has 0 fully saturated rings. The third kappa shape index (κ3) is 3.74. The van der Waals surface area contributed by atoms with Crippen molar-refractivity contribution in [3.05, 3.63) is 63.9 Å². The molecule has 0 radical (unpaired) electrons. The van der Waals surface area contributed by atoms with Crippen LogP contribution in [0.15, 0.2) is 41.1 Å². The molecule has 0 bridgehead atoms. The van der Waals surface area contributed by atoms with Crippen LogP contribution < -0.4 is 10.8 Å². The van der Waals surface area contributed by atoms with Gasteiger partial charge in [0, 0.05) is 17.7 Å². The van der Waals surface area contributed by atoms with Gasteiger partial charge in [-0.3, -0.25) is 0 Å². The summed E-state index contributed by atoms with van der Waals surface area (Å²) in [5, 5.41) is 14.3. The molecule has 6 heteroatoms. The summed E-state index contributed by atoms with van der Waals surface area (Å²) in [5.41, 5.74) is 6.79. The third-order valence-electron chi connectivity index (χ3n) is 2.93.